The van der Waals surface area contributed by atoms with E-state index in [1.54, 1.807) is 0 Å². The summed E-state index contributed by atoms with van der Waals surface area (Å²) in [6, 6.07) is 0. The van der Waals surface area contributed by atoms with Crippen LogP contribution in [0.15, 0.2) is 6.20 Å². The van der Waals surface area contributed by atoms with Crippen LogP contribution < -0.4 is 0 Å². The summed E-state index contributed by atoms with van der Waals surface area (Å²) in [5.41, 5.74) is 0. The minimum atomic E-state index is 0.822. The average Bonchev–Trinajstić information content (AvgIpc) is 2.53. The fourth-order valence-corrected chi connectivity index (χ4v) is 3.07. The second-order valence-corrected chi connectivity index (χ2v) is 5.50. The Balaban J connectivity index is 2.02. The van der Waals surface area contributed by atoms with E-state index >= 15 is 0 Å². The highest BCUT2D eigenvalue weighted by Crippen LogP contribution is 2.37. The Kier molecular flexibility index (Phi) is 2.68. The van der Waals surface area contributed by atoms with E-state index in [0.717, 1.165) is 11.8 Å². The zero-order chi connectivity index (χ0) is 9.26. The minimum absolute atomic E-state index is 0.822. The molecule has 1 aromatic heterocycles. The molecular formula is C11H17NS. The van der Waals surface area contributed by atoms with Crippen LogP contribution in [0.5, 0.6) is 0 Å². The molecule has 0 unspecified atom stereocenters. The molecule has 0 amide bonds. The highest BCUT2D eigenvalue weighted by atomic mass is 32.1. The van der Waals surface area contributed by atoms with Gasteiger partial charge in [0.05, 0.1) is 5.01 Å². The summed E-state index contributed by atoms with van der Waals surface area (Å²) < 4.78 is 0. The Hall–Kier alpha value is -0.370. The van der Waals surface area contributed by atoms with Crippen molar-refractivity contribution in [2.45, 2.75) is 45.4 Å². The molecule has 1 nitrogen and oxygen atoms in total. The van der Waals surface area contributed by atoms with Gasteiger partial charge in [0.15, 0.2) is 0 Å². The quantitative estimate of drug-likeness (QED) is 0.665. The largest absolute Gasteiger partial charge is 0.250 e. The predicted molar refractivity (Wildman–Crippen MR) is 57.2 cm³/mol. The molecule has 72 valence electrons. The smallest absolute Gasteiger partial charge is 0.0896 e. The van der Waals surface area contributed by atoms with Gasteiger partial charge in [0.2, 0.25) is 0 Å². The lowest BCUT2D eigenvalue weighted by Gasteiger charge is -2.24. The zero-order valence-electron chi connectivity index (χ0n) is 8.42. The number of hydrogen-bond donors (Lipinski definition) is 0. The number of aromatic nitrogens is 1. The maximum absolute atomic E-state index is 4.33. The van der Waals surface area contributed by atoms with E-state index in [0.29, 0.717) is 0 Å². The van der Waals surface area contributed by atoms with Crippen molar-refractivity contribution in [3.05, 3.63) is 16.1 Å². The lowest BCUT2D eigenvalue weighted by Crippen LogP contribution is -2.09. The van der Waals surface area contributed by atoms with Crippen molar-refractivity contribution in [3.63, 3.8) is 0 Å². The van der Waals surface area contributed by atoms with Crippen molar-refractivity contribution in [1.82, 2.24) is 4.98 Å². The monoisotopic (exact) mass is 195 g/mol. The van der Waals surface area contributed by atoms with Gasteiger partial charge >= 0.3 is 0 Å². The number of aryl methyl sites for hydroxylation is 1. The number of rotatable bonds is 1. The van der Waals surface area contributed by atoms with E-state index < -0.39 is 0 Å². The van der Waals surface area contributed by atoms with E-state index in [2.05, 4.69) is 25.0 Å². The molecule has 0 bridgehead atoms. The molecule has 2 heteroatoms. The maximum atomic E-state index is 4.33. The number of thiazole rings is 1. The lowest BCUT2D eigenvalue weighted by molar-refractivity contribution is 0.350. The van der Waals surface area contributed by atoms with Gasteiger partial charge in [0, 0.05) is 11.1 Å². The Morgan fingerprint density at radius 1 is 1.31 bits per heavy atom. The molecule has 1 fully saturated rings. The van der Waals surface area contributed by atoms with Crippen LogP contribution in [0, 0.1) is 12.8 Å². The van der Waals surface area contributed by atoms with Gasteiger partial charge in [-0.25, -0.2) is 4.98 Å². The highest BCUT2D eigenvalue weighted by molar-refractivity contribution is 7.11. The summed E-state index contributed by atoms with van der Waals surface area (Å²) in [7, 11) is 0. The first-order chi connectivity index (χ1) is 6.25. The van der Waals surface area contributed by atoms with E-state index in [-0.39, 0.29) is 0 Å². The SMILES string of the molecule is Cc1ncc([C@H]2CC[C@H](C)CC2)s1. The molecule has 0 aromatic carbocycles. The van der Waals surface area contributed by atoms with Crippen molar-refractivity contribution in [2.24, 2.45) is 5.92 Å². The molecule has 13 heavy (non-hydrogen) atoms. The highest BCUT2D eigenvalue weighted by Gasteiger charge is 2.20. The van der Waals surface area contributed by atoms with Crippen LogP contribution in [-0.4, -0.2) is 4.98 Å². The van der Waals surface area contributed by atoms with E-state index in [9.17, 15) is 0 Å². The van der Waals surface area contributed by atoms with Crippen LogP contribution in [0.3, 0.4) is 0 Å². The summed E-state index contributed by atoms with van der Waals surface area (Å²) >= 11 is 1.88. The first kappa shape index (κ1) is 9.20. The van der Waals surface area contributed by atoms with Gasteiger partial charge in [-0.05, 0) is 31.6 Å². The van der Waals surface area contributed by atoms with Crippen LogP contribution in [0.2, 0.25) is 0 Å². The summed E-state index contributed by atoms with van der Waals surface area (Å²) in [6.45, 7) is 4.47. The summed E-state index contributed by atoms with van der Waals surface area (Å²) in [4.78, 5) is 5.85. The van der Waals surface area contributed by atoms with Crippen LogP contribution in [0.1, 0.15) is 48.4 Å². The standard InChI is InChI=1S/C11H17NS/c1-8-3-5-10(6-4-8)11-7-12-9(2)13-11/h7-8,10H,3-6H2,1-2H3/t8-,10-. The fraction of sp³-hybridized carbons (Fsp3) is 0.727. The van der Waals surface area contributed by atoms with Gasteiger partial charge in [-0.1, -0.05) is 19.8 Å². The Bertz CT molecular complexity index is 271. The van der Waals surface area contributed by atoms with Crippen molar-refractivity contribution in [3.8, 4) is 0 Å². The molecule has 1 saturated carbocycles. The predicted octanol–water partition coefficient (Wildman–Crippen LogP) is 3.75. The molecule has 0 atom stereocenters. The lowest BCUT2D eigenvalue weighted by atomic mass is 9.82. The average molecular weight is 195 g/mol. The zero-order valence-corrected chi connectivity index (χ0v) is 9.23. The van der Waals surface area contributed by atoms with Crippen molar-refractivity contribution >= 4 is 11.3 Å². The minimum Gasteiger partial charge on any atom is -0.250 e. The number of nitrogens with zero attached hydrogens (tertiary/aromatic N) is 1. The van der Waals surface area contributed by atoms with Crippen molar-refractivity contribution in [2.75, 3.05) is 0 Å². The fourth-order valence-electron chi connectivity index (χ4n) is 2.11. The maximum Gasteiger partial charge on any atom is 0.0896 e. The van der Waals surface area contributed by atoms with E-state index in [4.69, 9.17) is 0 Å². The van der Waals surface area contributed by atoms with Gasteiger partial charge < -0.3 is 0 Å². The number of hydrogen-bond acceptors (Lipinski definition) is 2. The molecule has 2 rings (SSSR count). The van der Waals surface area contributed by atoms with Crippen LogP contribution in [0.25, 0.3) is 0 Å². The first-order valence-electron chi connectivity index (χ1n) is 5.18. The third-order valence-electron chi connectivity index (χ3n) is 3.06. The molecule has 1 aliphatic carbocycles. The second-order valence-electron chi connectivity index (χ2n) is 4.24. The van der Waals surface area contributed by atoms with Crippen molar-refractivity contribution < 1.29 is 0 Å². The second kappa shape index (κ2) is 3.79. The van der Waals surface area contributed by atoms with E-state index in [1.807, 2.05) is 11.3 Å². The van der Waals surface area contributed by atoms with Gasteiger partial charge in [-0.3, -0.25) is 0 Å². The molecule has 1 heterocycles. The van der Waals surface area contributed by atoms with Crippen LogP contribution in [-0.2, 0) is 0 Å². The Morgan fingerprint density at radius 3 is 2.54 bits per heavy atom. The molecule has 0 radical (unpaired) electrons. The normalized spacial score (nSPS) is 29.1. The Morgan fingerprint density at radius 2 is 2.00 bits per heavy atom. The molecule has 1 aromatic rings. The van der Waals surface area contributed by atoms with Gasteiger partial charge in [-0.15, -0.1) is 11.3 Å². The molecule has 1 aliphatic rings. The van der Waals surface area contributed by atoms with E-state index in [1.165, 1.54) is 35.6 Å². The molecular weight excluding hydrogens is 178 g/mol. The summed E-state index contributed by atoms with van der Waals surface area (Å²) in [5.74, 6) is 1.77. The third-order valence-corrected chi connectivity index (χ3v) is 4.13. The first-order valence-corrected chi connectivity index (χ1v) is 5.99. The molecule has 0 spiro atoms. The molecule has 0 N–H and O–H groups in total. The van der Waals surface area contributed by atoms with Gasteiger partial charge in [0.25, 0.3) is 0 Å². The van der Waals surface area contributed by atoms with Crippen LogP contribution in [0.4, 0.5) is 0 Å². The van der Waals surface area contributed by atoms with Gasteiger partial charge in [-0.2, -0.15) is 0 Å². The summed E-state index contributed by atoms with van der Waals surface area (Å²) in [6.07, 6.45) is 7.65. The molecule has 0 saturated heterocycles. The molecule has 0 aliphatic heterocycles. The van der Waals surface area contributed by atoms with Gasteiger partial charge in [0.1, 0.15) is 0 Å². The van der Waals surface area contributed by atoms with Crippen molar-refractivity contribution in [1.29, 1.82) is 0 Å². The van der Waals surface area contributed by atoms with Crippen LogP contribution >= 0.6 is 11.3 Å². The Labute approximate surface area is 84.2 Å². The topological polar surface area (TPSA) is 12.9 Å². The summed E-state index contributed by atoms with van der Waals surface area (Å²) in [5, 5.41) is 1.22. The third kappa shape index (κ3) is 2.11.